The molecule has 1 atom stereocenters. The van der Waals surface area contributed by atoms with E-state index in [0.717, 1.165) is 19.3 Å². The number of imide groups is 1. The van der Waals surface area contributed by atoms with Crippen LogP contribution in [0.25, 0.3) is 0 Å². The number of hydrogen-bond acceptors (Lipinski definition) is 3. The van der Waals surface area contributed by atoms with Crippen LogP contribution in [-0.2, 0) is 9.59 Å². The molecule has 0 aromatic heterocycles. The summed E-state index contributed by atoms with van der Waals surface area (Å²) in [6.45, 7) is 3.60. The van der Waals surface area contributed by atoms with Gasteiger partial charge < -0.3 is 10.4 Å². The lowest BCUT2D eigenvalue weighted by Gasteiger charge is -2.38. The number of aliphatic carboxylic acids is 1. The van der Waals surface area contributed by atoms with Crippen molar-refractivity contribution in [3.05, 3.63) is 0 Å². The number of carbonyl (C=O) groups excluding carboxylic acids is 2. The average Bonchev–Trinajstić information content (AvgIpc) is 2.12. The van der Waals surface area contributed by atoms with Crippen LogP contribution in [0.1, 0.15) is 46.0 Å². The predicted octanol–water partition coefficient (Wildman–Crippen LogP) is 1.26. The summed E-state index contributed by atoms with van der Waals surface area (Å²) in [6, 6.07) is -0.496. The Bertz CT molecular complexity index is 350. The predicted molar refractivity (Wildman–Crippen MR) is 65.0 cm³/mol. The number of carboxylic acid groups (broad SMARTS) is 1. The Labute approximate surface area is 106 Å². The first-order chi connectivity index (χ1) is 8.31. The van der Waals surface area contributed by atoms with Crippen molar-refractivity contribution in [1.82, 2.24) is 10.6 Å². The van der Waals surface area contributed by atoms with Crippen LogP contribution < -0.4 is 10.6 Å². The molecular formula is C12H20N2O4. The Hall–Kier alpha value is -1.59. The van der Waals surface area contributed by atoms with Gasteiger partial charge in [-0.15, -0.1) is 0 Å². The molecule has 1 unspecified atom stereocenters. The number of rotatable bonds is 5. The first-order valence-electron chi connectivity index (χ1n) is 6.14. The van der Waals surface area contributed by atoms with Gasteiger partial charge in [0, 0.05) is 18.4 Å². The van der Waals surface area contributed by atoms with Crippen molar-refractivity contribution in [3.8, 4) is 0 Å². The van der Waals surface area contributed by atoms with Gasteiger partial charge >= 0.3 is 12.0 Å². The second-order valence-electron chi connectivity index (χ2n) is 5.32. The summed E-state index contributed by atoms with van der Waals surface area (Å²) in [4.78, 5) is 33.4. The van der Waals surface area contributed by atoms with Crippen molar-refractivity contribution in [3.63, 3.8) is 0 Å². The maximum atomic E-state index is 11.5. The van der Waals surface area contributed by atoms with Crippen LogP contribution >= 0.6 is 0 Å². The summed E-state index contributed by atoms with van der Waals surface area (Å²) in [6.07, 6.45) is 2.89. The van der Waals surface area contributed by atoms with Crippen LogP contribution in [0, 0.1) is 5.92 Å². The molecule has 3 N–H and O–H groups in total. The summed E-state index contributed by atoms with van der Waals surface area (Å²) in [5, 5.41) is 13.5. The maximum Gasteiger partial charge on any atom is 0.321 e. The number of nitrogens with one attached hydrogen (secondary N) is 2. The molecule has 18 heavy (non-hydrogen) atoms. The largest absolute Gasteiger partial charge is 0.481 e. The van der Waals surface area contributed by atoms with Gasteiger partial charge in [-0.3, -0.25) is 14.9 Å². The van der Waals surface area contributed by atoms with Crippen molar-refractivity contribution in [1.29, 1.82) is 0 Å². The zero-order valence-electron chi connectivity index (χ0n) is 10.8. The maximum absolute atomic E-state index is 11.5. The van der Waals surface area contributed by atoms with Gasteiger partial charge in [0.25, 0.3) is 0 Å². The molecular weight excluding hydrogens is 236 g/mol. The molecule has 0 radical (unpaired) electrons. The molecule has 0 spiro atoms. The lowest BCUT2D eigenvalue weighted by Crippen LogP contribution is -2.55. The molecule has 0 aliphatic heterocycles. The molecule has 1 rings (SSSR count). The third-order valence-electron chi connectivity index (χ3n) is 3.18. The Morgan fingerprint density at radius 1 is 1.28 bits per heavy atom. The first kappa shape index (κ1) is 14.5. The lowest BCUT2D eigenvalue weighted by molar-refractivity contribution is -0.138. The molecule has 1 saturated carbocycles. The molecule has 1 fully saturated rings. The zero-order chi connectivity index (χ0) is 13.8. The van der Waals surface area contributed by atoms with Gasteiger partial charge in [-0.2, -0.15) is 0 Å². The second-order valence-corrected chi connectivity index (χ2v) is 5.32. The minimum Gasteiger partial charge on any atom is -0.481 e. The summed E-state index contributed by atoms with van der Waals surface area (Å²) >= 11 is 0. The number of hydrogen-bond donors (Lipinski definition) is 3. The van der Waals surface area contributed by atoms with Gasteiger partial charge in [0.1, 0.15) is 0 Å². The van der Waals surface area contributed by atoms with Crippen LogP contribution in [0.2, 0.25) is 0 Å². The quantitative estimate of drug-likeness (QED) is 0.690. The van der Waals surface area contributed by atoms with Crippen LogP contribution in [0.15, 0.2) is 0 Å². The highest BCUT2D eigenvalue weighted by atomic mass is 16.4. The molecule has 0 aromatic carbocycles. The highest BCUT2D eigenvalue weighted by Gasteiger charge is 2.33. The van der Waals surface area contributed by atoms with E-state index < -0.39 is 17.9 Å². The van der Waals surface area contributed by atoms with E-state index in [9.17, 15) is 14.4 Å². The van der Waals surface area contributed by atoms with E-state index in [4.69, 9.17) is 5.11 Å². The molecule has 1 aliphatic carbocycles. The average molecular weight is 256 g/mol. The van der Waals surface area contributed by atoms with Gasteiger partial charge in [-0.05, 0) is 32.1 Å². The topological polar surface area (TPSA) is 95.5 Å². The van der Waals surface area contributed by atoms with Gasteiger partial charge in [0.15, 0.2) is 0 Å². The SMILES string of the molecule is CC(CC(=O)O)CC(=O)NC(=O)NC1(C)CCC1. The van der Waals surface area contributed by atoms with Gasteiger partial charge in [0.2, 0.25) is 5.91 Å². The normalized spacial score (nSPS) is 18.3. The third-order valence-corrected chi connectivity index (χ3v) is 3.18. The lowest BCUT2D eigenvalue weighted by atomic mass is 9.79. The van der Waals surface area contributed by atoms with Crippen LogP contribution in [0.3, 0.4) is 0 Å². The molecule has 1 aliphatic rings. The van der Waals surface area contributed by atoms with Crippen molar-refractivity contribution >= 4 is 17.9 Å². The summed E-state index contributed by atoms with van der Waals surface area (Å²) in [5.41, 5.74) is -0.197. The highest BCUT2D eigenvalue weighted by Crippen LogP contribution is 2.30. The summed E-state index contributed by atoms with van der Waals surface area (Å²) < 4.78 is 0. The van der Waals surface area contributed by atoms with Crippen molar-refractivity contribution in [2.45, 2.75) is 51.5 Å². The summed E-state index contributed by atoms with van der Waals surface area (Å²) in [7, 11) is 0. The number of carbonyl (C=O) groups is 3. The molecule has 0 bridgehead atoms. The fraction of sp³-hybridized carbons (Fsp3) is 0.750. The monoisotopic (exact) mass is 256 g/mol. The molecule has 0 heterocycles. The minimum atomic E-state index is -0.943. The first-order valence-corrected chi connectivity index (χ1v) is 6.14. The third kappa shape index (κ3) is 4.73. The van der Waals surface area contributed by atoms with E-state index in [2.05, 4.69) is 10.6 Å². The second kappa shape index (κ2) is 5.84. The Balaban J connectivity index is 2.26. The molecule has 6 heteroatoms. The van der Waals surface area contributed by atoms with Crippen LogP contribution in [0.4, 0.5) is 4.79 Å². The standard InChI is InChI=1S/C12H20N2O4/c1-8(7-10(16)17)6-9(15)13-11(18)14-12(2)4-3-5-12/h8H,3-7H2,1-2H3,(H,16,17)(H2,13,14,15,18). The Kier molecular flexibility index (Phi) is 4.69. The van der Waals surface area contributed by atoms with Gasteiger partial charge in [0.05, 0.1) is 0 Å². The van der Waals surface area contributed by atoms with Gasteiger partial charge in [-0.1, -0.05) is 6.92 Å². The van der Waals surface area contributed by atoms with Crippen molar-refractivity contribution in [2.24, 2.45) is 5.92 Å². The smallest absolute Gasteiger partial charge is 0.321 e. The van der Waals surface area contributed by atoms with E-state index in [1.165, 1.54) is 0 Å². The molecule has 6 nitrogen and oxygen atoms in total. The molecule has 0 aromatic rings. The van der Waals surface area contributed by atoms with E-state index in [0.29, 0.717) is 0 Å². The summed E-state index contributed by atoms with van der Waals surface area (Å²) in [5.74, 6) is -1.67. The zero-order valence-corrected chi connectivity index (χ0v) is 10.8. The molecule has 3 amide bonds. The van der Waals surface area contributed by atoms with Crippen LogP contribution in [-0.4, -0.2) is 28.6 Å². The van der Waals surface area contributed by atoms with Crippen molar-refractivity contribution < 1.29 is 19.5 Å². The van der Waals surface area contributed by atoms with Gasteiger partial charge in [-0.25, -0.2) is 4.79 Å². The van der Waals surface area contributed by atoms with E-state index in [1.807, 2.05) is 6.92 Å². The number of carboxylic acids is 1. The fourth-order valence-electron chi connectivity index (χ4n) is 2.00. The van der Waals surface area contributed by atoms with Crippen molar-refractivity contribution in [2.75, 3.05) is 0 Å². The molecule has 102 valence electrons. The fourth-order valence-corrected chi connectivity index (χ4v) is 2.00. The van der Waals surface area contributed by atoms with E-state index >= 15 is 0 Å². The minimum absolute atomic E-state index is 0.0381. The number of amides is 3. The van der Waals surface area contributed by atoms with Crippen LogP contribution in [0.5, 0.6) is 0 Å². The number of urea groups is 1. The Morgan fingerprint density at radius 2 is 1.89 bits per heavy atom. The Morgan fingerprint density at radius 3 is 2.33 bits per heavy atom. The van der Waals surface area contributed by atoms with E-state index in [1.54, 1.807) is 6.92 Å². The van der Waals surface area contributed by atoms with E-state index in [-0.39, 0.29) is 24.3 Å². The highest BCUT2D eigenvalue weighted by molar-refractivity contribution is 5.94. The molecule has 0 saturated heterocycles.